The maximum atomic E-state index is 5.96. The van der Waals surface area contributed by atoms with Gasteiger partial charge in [0.15, 0.2) is 11.6 Å². The van der Waals surface area contributed by atoms with Gasteiger partial charge in [-0.05, 0) is 29.3 Å². The van der Waals surface area contributed by atoms with Crippen molar-refractivity contribution in [1.29, 1.82) is 0 Å². The highest BCUT2D eigenvalue weighted by molar-refractivity contribution is 7.22. The molecule has 0 saturated heterocycles. The standard InChI is InChI=1S/C21H14ClN5S/c22-15-8-6-13(7-9-15)16-11-19(27-26-16)25-21-20-17(23-12-24-21)10-18(28-20)14-4-2-1-3-5-14/h1-12H,(H2,23,24,25,26,27). The molecule has 5 aromatic rings. The zero-order chi connectivity index (χ0) is 18.9. The molecule has 0 fully saturated rings. The van der Waals surface area contributed by atoms with Crippen LogP contribution in [0.4, 0.5) is 11.6 Å². The van der Waals surface area contributed by atoms with E-state index in [0.29, 0.717) is 10.8 Å². The molecule has 2 N–H and O–H groups in total. The smallest absolute Gasteiger partial charge is 0.153 e. The van der Waals surface area contributed by atoms with Gasteiger partial charge in [-0.25, -0.2) is 9.97 Å². The highest BCUT2D eigenvalue weighted by Gasteiger charge is 2.12. The molecule has 136 valence electrons. The maximum absolute atomic E-state index is 5.96. The Hall–Kier alpha value is -3.22. The third kappa shape index (κ3) is 3.24. The number of nitrogens with one attached hydrogen (secondary N) is 2. The second-order valence-electron chi connectivity index (χ2n) is 6.21. The molecule has 0 radical (unpaired) electrons. The number of H-pyrrole nitrogens is 1. The second kappa shape index (κ2) is 7.07. The molecule has 0 spiro atoms. The average molecular weight is 404 g/mol. The summed E-state index contributed by atoms with van der Waals surface area (Å²) in [4.78, 5) is 9.98. The van der Waals surface area contributed by atoms with Gasteiger partial charge in [-0.15, -0.1) is 11.3 Å². The van der Waals surface area contributed by atoms with E-state index in [-0.39, 0.29) is 0 Å². The molecule has 0 bridgehead atoms. The van der Waals surface area contributed by atoms with Gasteiger partial charge < -0.3 is 5.32 Å². The van der Waals surface area contributed by atoms with Crippen molar-refractivity contribution in [2.45, 2.75) is 0 Å². The van der Waals surface area contributed by atoms with E-state index in [9.17, 15) is 0 Å². The first-order valence-corrected chi connectivity index (χ1v) is 9.84. The van der Waals surface area contributed by atoms with Gasteiger partial charge in [-0.1, -0.05) is 54.1 Å². The van der Waals surface area contributed by atoms with Gasteiger partial charge in [0.25, 0.3) is 0 Å². The quantitative estimate of drug-likeness (QED) is 0.378. The average Bonchev–Trinajstić information content (AvgIpc) is 3.37. The van der Waals surface area contributed by atoms with Crippen molar-refractivity contribution in [3.63, 3.8) is 0 Å². The Morgan fingerprint density at radius 1 is 0.893 bits per heavy atom. The highest BCUT2D eigenvalue weighted by Crippen LogP contribution is 2.36. The van der Waals surface area contributed by atoms with Crippen molar-refractivity contribution in [2.24, 2.45) is 0 Å². The summed E-state index contributed by atoms with van der Waals surface area (Å²) in [6.07, 6.45) is 1.57. The molecule has 28 heavy (non-hydrogen) atoms. The van der Waals surface area contributed by atoms with Crippen LogP contribution in [0.5, 0.6) is 0 Å². The Labute approximate surface area is 170 Å². The van der Waals surface area contributed by atoms with E-state index in [1.807, 2.05) is 48.5 Å². The van der Waals surface area contributed by atoms with Crippen molar-refractivity contribution in [3.05, 3.63) is 78.1 Å². The topological polar surface area (TPSA) is 66.5 Å². The van der Waals surface area contributed by atoms with E-state index in [4.69, 9.17) is 11.6 Å². The normalized spacial score (nSPS) is 11.0. The Kier molecular flexibility index (Phi) is 4.27. The SMILES string of the molecule is Clc1ccc(-c2cc(Nc3ncnc4cc(-c5ccccc5)sc34)n[nH]2)cc1. The number of fused-ring (bicyclic) bond motifs is 1. The maximum Gasteiger partial charge on any atom is 0.153 e. The van der Waals surface area contributed by atoms with Crippen molar-refractivity contribution in [2.75, 3.05) is 5.32 Å². The molecule has 2 aromatic carbocycles. The van der Waals surface area contributed by atoms with Crippen LogP contribution in [-0.2, 0) is 0 Å². The lowest BCUT2D eigenvalue weighted by Crippen LogP contribution is -1.94. The number of hydrogen-bond donors (Lipinski definition) is 2. The lowest BCUT2D eigenvalue weighted by Gasteiger charge is -2.01. The molecule has 7 heteroatoms. The Balaban J connectivity index is 1.47. The molecular weight excluding hydrogens is 390 g/mol. The van der Waals surface area contributed by atoms with Crippen LogP contribution in [-0.4, -0.2) is 20.2 Å². The summed E-state index contributed by atoms with van der Waals surface area (Å²) in [5.74, 6) is 1.44. The third-order valence-corrected chi connectivity index (χ3v) is 5.78. The number of nitrogens with zero attached hydrogens (tertiary/aromatic N) is 3. The Morgan fingerprint density at radius 3 is 2.54 bits per heavy atom. The molecule has 3 heterocycles. The first-order valence-electron chi connectivity index (χ1n) is 8.64. The summed E-state index contributed by atoms with van der Waals surface area (Å²) < 4.78 is 0.998. The second-order valence-corrected chi connectivity index (χ2v) is 7.70. The van der Waals surface area contributed by atoms with Crippen LogP contribution in [0.15, 0.2) is 73.1 Å². The number of aromatic nitrogens is 4. The van der Waals surface area contributed by atoms with E-state index in [1.165, 1.54) is 5.56 Å². The summed E-state index contributed by atoms with van der Waals surface area (Å²) in [5.41, 5.74) is 4.00. The molecular formula is C21H14ClN5S. The molecule has 3 aromatic heterocycles. The van der Waals surface area contributed by atoms with E-state index in [1.54, 1.807) is 17.7 Å². The fraction of sp³-hybridized carbons (Fsp3) is 0. The summed E-state index contributed by atoms with van der Waals surface area (Å²) in [5, 5.41) is 11.4. The fourth-order valence-corrected chi connectivity index (χ4v) is 4.16. The molecule has 0 aliphatic carbocycles. The Morgan fingerprint density at radius 2 is 1.71 bits per heavy atom. The van der Waals surface area contributed by atoms with Gasteiger partial charge in [-0.2, -0.15) is 5.10 Å². The van der Waals surface area contributed by atoms with Crippen LogP contribution in [0, 0.1) is 0 Å². The molecule has 5 nitrogen and oxygen atoms in total. The van der Waals surface area contributed by atoms with Crippen LogP contribution in [0.3, 0.4) is 0 Å². The van der Waals surface area contributed by atoms with Crippen molar-refractivity contribution in [3.8, 4) is 21.7 Å². The zero-order valence-corrected chi connectivity index (χ0v) is 16.1. The van der Waals surface area contributed by atoms with E-state index in [2.05, 4.69) is 43.7 Å². The number of thiophene rings is 1. The molecule has 5 rings (SSSR count). The van der Waals surface area contributed by atoms with E-state index in [0.717, 1.165) is 32.2 Å². The lowest BCUT2D eigenvalue weighted by molar-refractivity contribution is 1.09. The summed E-state index contributed by atoms with van der Waals surface area (Å²) >= 11 is 7.62. The van der Waals surface area contributed by atoms with Crippen molar-refractivity contribution >= 4 is 44.8 Å². The number of halogens is 1. The number of rotatable bonds is 4. The van der Waals surface area contributed by atoms with Gasteiger partial charge in [-0.3, -0.25) is 5.10 Å². The summed E-state index contributed by atoms with van der Waals surface area (Å²) in [7, 11) is 0. The van der Waals surface area contributed by atoms with Crippen molar-refractivity contribution < 1.29 is 0 Å². The first-order chi connectivity index (χ1) is 13.8. The largest absolute Gasteiger partial charge is 0.322 e. The minimum absolute atomic E-state index is 0.694. The number of anilines is 2. The van der Waals surface area contributed by atoms with Crippen molar-refractivity contribution in [1.82, 2.24) is 20.2 Å². The molecule has 0 saturated carbocycles. The summed E-state index contributed by atoms with van der Waals surface area (Å²) in [6, 6.07) is 21.9. The van der Waals surface area contributed by atoms with Gasteiger partial charge >= 0.3 is 0 Å². The zero-order valence-electron chi connectivity index (χ0n) is 14.6. The monoisotopic (exact) mass is 403 g/mol. The molecule has 0 amide bonds. The van der Waals surface area contributed by atoms with Crippen LogP contribution < -0.4 is 5.32 Å². The van der Waals surface area contributed by atoms with Gasteiger partial charge in [0.1, 0.15) is 6.33 Å². The van der Waals surface area contributed by atoms with E-state index >= 15 is 0 Å². The minimum Gasteiger partial charge on any atom is -0.322 e. The van der Waals surface area contributed by atoms with Crippen LogP contribution in [0.1, 0.15) is 0 Å². The molecule has 0 aliphatic heterocycles. The fourth-order valence-electron chi connectivity index (χ4n) is 2.97. The van der Waals surface area contributed by atoms with Gasteiger partial charge in [0, 0.05) is 16.0 Å². The highest BCUT2D eigenvalue weighted by atomic mass is 35.5. The molecule has 0 unspecified atom stereocenters. The summed E-state index contributed by atoms with van der Waals surface area (Å²) in [6.45, 7) is 0. The van der Waals surface area contributed by atoms with Crippen LogP contribution in [0.25, 0.3) is 31.9 Å². The van der Waals surface area contributed by atoms with Crippen LogP contribution >= 0.6 is 22.9 Å². The van der Waals surface area contributed by atoms with Gasteiger partial charge in [0.05, 0.1) is 15.9 Å². The third-order valence-electron chi connectivity index (χ3n) is 4.35. The number of hydrogen-bond acceptors (Lipinski definition) is 5. The Bertz CT molecular complexity index is 1250. The van der Waals surface area contributed by atoms with E-state index < -0.39 is 0 Å². The van der Waals surface area contributed by atoms with Crippen LogP contribution in [0.2, 0.25) is 5.02 Å². The molecule has 0 aliphatic rings. The molecule has 0 atom stereocenters. The predicted molar refractivity (Wildman–Crippen MR) is 115 cm³/mol. The predicted octanol–water partition coefficient (Wildman–Crippen LogP) is 6.15. The number of aromatic amines is 1. The number of benzene rings is 2. The minimum atomic E-state index is 0.694. The van der Waals surface area contributed by atoms with Gasteiger partial charge in [0.2, 0.25) is 0 Å². The first kappa shape index (κ1) is 16.9. The lowest BCUT2D eigenvalue weighted by atomic mass is 10.1.